The molecule has 4 rings (SSSR count). The standard InChI is InChI=1S/C27H31N5O3/c1-30-9-11-32(12-10-30)24-6-5-19-13-21(4-3-20(19)14-24)26-8-7-23(31(26)2)15-22(16-28)27(35)29-17-25(34)18-33/h3-8,13-15,25,33-34H,9-12,17-18H2,1-2H3,(H,29,35)/b22-15+. The number of aliphatic hydroxyl groups is 2. The van der Waals surface area contributed by atoms with Crippen molar-refractivity contribution in [2.24, 2.45) is 7.05 Å². The van der Waals surface area contributed by atoms with Crippen LogP contribution in [0.4, 0.5) is 5.69 Å². The van der Waals surface area contributed by atoms with Gasteiger partial charge in [-0.2, -0.15) is 5.26 Å². The minimum atomic E-state index is -1.06. The van der Waals surface area contributed by atoms with Crippen LogP contribution >= 0.6 is 0 Å². The van der Waals surface area contributed by atoms with Gasteiger partial charge in [0.1, 0.15) is 11.6 Å². The number of piperazine rings is 1. The highest BCUT2D eigenvalue weighted by molar-refractivity contribution is 6.01. The quantitative estimate of drug-likeness (QED) is 0.358. The number of hydrogen-bond donors (Lipinski definition) is 3. The number of carbonyl (C=O) groups is 1. The minimum Gasteiger partial charge on any atom is -0.394 e. The number of rotatable bonds is 7. The Morgan fingerprint density at radius 3 is 2.51 bits per heavy atom. The van der Waals surface area contributed by atoms with Crippen LogP contribution in [0.1, 0.15) is 5.69 Å². The van der Waals surface area contributed by atoms with Crippen LogP contribution < -0.4 is 10.2 Å². The Morgan fingerprint density at radius 1 is 1.09 bits per heavy atom. The molecule has 0 spiro atoms. The molecule has 3 aromatic rings. The maximum atomic E-state index is 12.3. The molecule has 1 unspecified atom stereocenters. The Labute approximate surface area is 205 Å². The molecule has 0 aliphatic carbocycles. The first-order valence-corrected chi connectivity index (χ1v) is 11.7. The van der Waals surface area contributed by atoms with Crippen molar-refractivity contribution in [2.45, 2.75) is 6.10 Å². The fourth-order valence-electron chi connectivity index (χ4n) is 4.28. The zero-order chi connectivity index (χ0) is 24.9. The zero-order valence-electron chi connectivity index (χ0n) is 20.1. The average Bonchev–Trinajstić information content (AvgIpc) is 3.25. The Kier molecular flexibility index (Phi) is 7.51. The highest BCUT2D eigenvalue weighted by atomic mass is 16.3. The van der Waals surface area contributed by atoms with E-state index < -0.39 is 18.6 Å². The SMILES string of the molecule is CN1CCN(c2ccc3cc(-c4ccc(/C=C(\C#N)C(=O)NCC(O)CO)n4C)ccc3c2)CC1. The lowest BCUT2D eigenvalue weighted by Gasteiger charge is -2.34. The van der Waals surface area contributed by atoms with Gasteiger partial charge in [0.05, 0.1) is 12.7 Å². The molecular weight excluding hydrogens is 442 g/mol. The summed E-state index contributed by atoms with van der Waals surface area (Å²) in [6, 6.07) is 18.7. The van der Waals surface area contributed by atoms with Gasteiger partial charge in [0, 0.05) is 56.8 Å². The van der Waals surface area contributed by atoms with Gasteiger partial charge in [0.25, 0.3) is 5.91 Å². The Balaban J connectivity index is 1.55. The fourth-order valence-corrected chi connectivity index (χ4v) is 4.28. The molecule has 35 heavy (non-hydrogen) atoms. The molecule has 2 aromatic carbocycles. The summed E-state index contributed by atoms with van der Waals surface area (Å²) in [5, 5.41) is 32.5. The lowest BCUT2D eigenvalue weighted by Crippen LogP contribution is -2.44. The lowest BCUT2D eigenvalue weighted by atomic mass is 10.0. The van der Waals surface area contributed by atoms with E-state index in [-0.39, 0.29) is 12.1 Å². The number of fused-ring (bicyclic) bond motifs is 1. The van der Waals surface area contributed by atoms with Gasteiger partial charge in [0.15, 0.2) is 0 Å². The first kappa shape index (κ1) is 24.5. The van der Waals surface area contributed by atoms with Crippen LogP contribution in [0.15, 0.2) is 54.1 Å². The van der Waals surface area contributed by atoms with Gasteiger partial charge >= 0.3 is 0 Å². The van der Waals surface area contributed by atoms with Crippen molar-refractivity contribution in [1.82, 2.24) is 14.8 Å². The van der Waals surface area contributed by atoms with Crippen molar-refractivity contribution in [3.63, 3.8) is 0 Å². The van der Waals surface area contributed by atoms with Gasteiger partial charge in [-0.15, -0.1) is 0 Å². The first-order valence-electron chi connectivity index (χ1n) is 11.7. The summed E-state index contributed by atoms with van der Waals surface area (Å²) in [4.78, 5) is 17.1. The monoisotopic (exact) mass is 473 g/mol. The van der Waals surface area contributed by atoms with Crippen molar-refractivity contribution in [3.8, 4) is 17.3 Å². The minimum absolute atomic E-state index is 0.0714. The van der Waals surface area contributed by atoms with Crippen molar-refractivity contribution < 1.29 is 15.0 Å². The van der Waals surface area contributed by atoms with Gasteiger partial charge in [0.2, 0.25) is 0 Å². The van der Waals surface area contributed by atoms with Gasteiger partial charge in [-0.1, -0.05) is 18.2 Å². The number of hydrogen-bond acceptors (Lipinski definition) is 6. The number of likely N-dealkylation sites (N-methyl/N-ethyl adjacent to an activating group) is 1. The molecule has 0 saturated carbocycles. The molecule has 3 N–H and O–H groups in total. The predicted molar refractivity (Wildman–Crippen MR) is 138 cm³/mol. The predicted octanol–water partition coefficient (Wildman–Crippen LogP) is 1.97. The maximum absolute atomic E-state index is 12.3. The van der Waals surface area contributed by atoms with E-state index in [0.717, 1.165) is 42.8 Å². The molecule has 0 bridgehead atoms. The van der Waals surface area contributed by atoms with E-state index in [9.17, 15) is 15.2 Å². The number of anilines is 1. The van der Waals surface area contributed by atoms with Crippen molar-refractivity contribution in [2.75, 3.05) is 51.3 Å². The second-order valence-corrected chi connectivity index (χ2v) is 8.96. The lowest BCUT2D eigenvalue weighted by molar-refractivity contribution is -0.117. The third-order valence-corrected chi connectivity index (χ3v) is 6.51. The molecule has 1 aromatic heterocycles. The van der Waals surface area contributed by atoms with Crippen LogP contribution in [0.2, 0.25) is 0 Å². The smallest absolute Gasteiger partial charge is 0.262 e. The van der Waals surface area contributed by atoms with Crippen molar-refractivity contribution in [3.05, 3.63) is 59.8 Å². The van der Waals surface area contributed by atoms with E-state index >= 15 is 0 Å². The average molecular weight is 474 g/mol. The summed E-state index contributed by atoms with van der Waals surface area (Å²) in [6.07, 6.45) is 0.458. The number of benzene rings is 2. The number of aliphatic hydroxyl groups excluding tert-OH is 2. The first-order chi connectivity index (χ1) is 16.9. The van der Waals surface area contributed by atoms with Crippen LogP contribution in [-0.4, -0.2) is 78.1 Å². The summed E-state index contributed by atoms with van der Waals surface area (Å²) in [5.41, 5.74) is 3.90. The number of amides is 1. The molecule has 8 heteroatoms. The molecule has 2 heterocycles. The third-order valence-electron chi connectivity index (χ3n) is 6.51. The molecule has 1 fully saturated rings. The number of carbonyl (C=O) groups excluding carboxylic acids is 1. The van der Waals surface area contributed by atoms with E-state index in [1.165, 1.54) is 17.1 Å². The van der Waals surface area contributed by atoms with E-state index in [2.05, 4.69) is 58.6 Å². The van der Waals surface area contributed by atoms with Gasteiger partial charge in [-0.3, -0.25) is 4.79 Å². The molecule has 8 nitrogen and oxygen atoms in total. The van der Waals surface area contributed by atoms with Crippen LogP contribution in [0.5, 0.6) is 0 Å². The molecule has 1 saturated heterocycles. The number of nitriles is 1. The number of nitrogens with one attached hydrogen (secondary N) is 1. The largest absolute Gasteiger partial charge is 0.394 e. The van der Waals surface area contributed by atoms with Crippen LogP contribution in [0.3, 0.4) is 0 Å². The highest BCUT2D eigenvalue weighted by Gasteiger charge is 2.16. The van der Waals surface area contributed by atoms with Gasteiger partial charge < -0.3 is 29.9 Å². The normalized spacial score (nSPS) is 15.7. The molecule has 0 radical (unpaired) electrons. The Hall–Kier alpha value is -3.64. The summed E-state index contributed by atoms with van der Waals surface area (Å²) in [5.74, 6) is -0.593. The second-order valence-electron chi connectivity index (χ2n) is 8.96. The van der Waals surface area contributed by atoms with Crippen LogP contribution in [0, 0.1) is 11.3 Å². The maximum Gasteiger partial charge on any atom is 0.262 e. The Morgan fingerprint density at radius 2 is 1.80 bits per heavy atom. The van der Waals surface area contributed by atoms with Crippen molar-refractivity contribution >= 4 is 28.4 Å². The van der Waals surface area contributed by atoms with Crippen LogP contribution in [-0.2, 0) is 11.8 Å². The number of nitrogens with zero attached hydrogens (tertiary/aromatic N) is 4. The summed E-state index contributed by atoms with van der Waals surface area (Å²) in [6.45, 7) is 3.62. The number of aromatic nitrogens is 1. The van der Waals surface area contributed by atoms with Gasteiger partial charge in [-0.05, 0) is 59.8 Å². The van der Waals surface area contributed by atoms with E-state index in [1.54, 1.807) is 0 Å². The Bertz CT molecular complexity index is 1280. The van der Waals surface area contributed by atoms with E-state index in [4.69, 9.17) is 5.11 Å². The molecule has 1 aliphatic heterocycles. The summed E-state index contributed by atoms with van der Waals surface area (Å²) in [7, 11) is 4.05. The molecule has 1 aliphatic rings. The van der Waals surface area contributed by atoms with E-state index in [0.29, 0.717) is 5.69 Å². The molecule has 1 amide bonds. The highest BCUT2D eigenvalue weighted by Crippen LogP contribution is 2.29. The van der Waals surface area contributed by atoms with Crippen molar-refractivity contribution in [1.29, 1.82) is 5.26 Å². The molecule has 1 atom stereocenters. The summed E-state index contributed by atoms with van der Waals surface area (Å²) >= 11 is 0. The van der Waals surface area contributed by atoms with E-state index in [1.807, 2.05) is 29.8 Å². The van der Waals surface area contributed by atoms with Gasteiger partial charge in [-0.25, -0.2) is 0 Å². The zero-order valence-corrected chi connectivity index (χ0v) is 20.1. The fraction of sp³-hybridized carbons (Fsp3) is 0.333. The van der Waals surface area contributed by atoms with Crippen LogP contribution in [0.25, 0.3) is 28.1 Å². The topological polar surface area (TPSA) is 105 Å². The second kappa shape index (κ2) is 10.7. The summed E-state index contributed by atoms with van der Waals surface area (Å²) < 4.78 is 1.94. The molecule has 182 valence electrons. The molecular formula is C27H31N5O3. The third kappa shape index (κ3) is 5.54.